The van der Waals surface area contributed by atoms with E-state index < -0.39 is 0 Å². The molecule has 0 bridgehead atoms. The minimum atomic E-state index is 0.0749. The summed E-state index contributed by atoms with van der Waals surface area (Å²) >= 11 is 0. The number of aromatic amines is 1. The summed E-state index contributed by atoms with van der Waals surface area (Å²) in [6.07, 6.45) is 8.88. The molecule has 2 aliphatic rings. The standard InChI is InChI=1S/C39H38N2O2/c1-24(2)39-35(23-40-41-39)37(26-11-6-5-7-12-26)38-32-19-17-29-28-13-9-8-10-25(28)14-16-30(29)31(32)18-20-33(38)34-22-27(42-3)15-21-36(34)43-4/h5-16,18,20-24,33,37-38H,17,19H2,1-4H3,(H,40,41). The van der Waals surface area contributed by atoms with Gasteiger partial charge in [-0.1, -0.05) is 98.3 Å². The number of nitrogens with one attached hydrogen (secondary N) is 1. The summed E-state index contributed by atoms with van der Waals surface area (Å²) in [5, 5.41) is 10.7. The number of hydrogen-bond acceptors (Lipinski definition) is 3. The maximum absolute atomic E-state index is 6.00. The van der Waals surface area contributed by atoms with Crippen molar-refractivity contribution in [2.45, 2.75) is 44.4 Å². The molecule has 1 heterocycles. The number of aromatic nitrogens is 2. The van der Waals surface area contributed by atoms with Crippen LogP contribution in [-0.2, 0) is 6.42 Å². The van der Waals surface area contributed by atoms with Gasteiger partial charge < -0.3 is 9.47 Å². The number of H-pyrrole nitrogens is 1. The van der Waals surface area contributed by atoms with E-state index in [0.29, 0.717) is 5.92 Å². The zero-order valence-corrected chi connectivity index (χ0v) is 25.3. The number of hydrogen-bond donors (Lipinski definition) is 1. The Balaban J connectivity index is 1.50. The molecule has 1 N–H and O–H groups in total. The number of fused-ring (bicyclic) bond motifs is 4. The molecule has 7 rings (SSSR count). The van der Waals surface area contributed by atoms with Gasteiger partial charge in [-0.25, -0.2) is 0 Å². The largest absolute Gasteiger partial charge is 0.497 e. The molecule has 3 unspecified atom stereocenters. The van der Waals surface area contributed by atoms with Gasteiger partial charge in [0.1, 0.15) is 11.5 Å². The van der Waals surface area contributed by atoms with Gasteiger partial charge in [0.15, 0.2) is 0 Å². The van der Waals surface area contributed by atoms with Crippen molar-refractivity contribution in [3.63, 3.8) is 0 Å². The smallest absolute Gasteiger partial charge is 0.122 e. The molecule has 4 heteroatoms. The highest BCUT2D eigenvalue weighted by Crippen LogP contribution is 2.55. The van der Waals surface area contributed by atoms with Gasteiger partial charge in [0.2, 0.25) is 0 Å². The first kappa shape index (κ1) is 27.3. The van der Waals surface area contributed by atoms with Gasteiger partial charge in [0.05, 0.1) is 20.4 Å². The lowest BCUT2D eigenvalue weighted by atomic mass is 9.62. The van der Waals surface area contributed by atoms with Crippen LogP contribution in [0.4, 0.5) is 0 Å². The number of methoxy groups -OCH3 is 2. The fraction of sp³-hybridized carbons (Fsp3) is 0.256. The van der Waals surface area contributed by atoms with E-state index in [-0.39, 0.29) is 17.8 Å². The predicted octanol–water partition coefficient (Wildman–Crippen LogP) is 9.21. The molecule has 5 aromatic rings. The van der Waals surface area contributed by atoms with Crippen molar-refractivity contribution < 1.29 is 9.47 Å². The van der Waals surface area contributed by atoms with Crippen LogP contribution in [0.5, 0.6) is 11.5 Å². The minimum Gasteiger partial charge on any atom is -0.497 e. The van der Waals surface area contributed by atoms with Gasteiger partial charge in [-0.3, -0.25) is 5.10 Å². The molecule has 0 amide bonds. The molecule has 3 atom stereocenters. The van der Waals surface area contributed by atoms with Crippen molar-refractivity contribution in [2.24, 2.45) is 5.92 Å². The average Bonchev–Trinajstić information content (AvgIpc) is 3.55. The first-order valence-corrected chi connectivity index (χ1v) is 15.3. The Bertz CT molecular complexity index is 1850. The topological polar surface area (TPSA) is 47.1 Å². The van der Waals surface area contributed by atoms with Gasteiger partial charge in [-0.15, -0.1) is 0 Å². The van der Waals surface area contributed by atoms with Crippen molar-refractivity contribution in [3.05, 3.63) is 142 Å². The maximum Gasteiger partial charge on any atom is 0.122 e. The van der Waals surface area contributed by atoms with Crippen molar-refractivity contribution >= 4 is 16.3 Å². The van der Waals surface area contributed by atoms with Gasteiger partial charge in [-0.2, -0.15) is 5.10 Å². The van der Waals surface area contributed by atoms with E-state index in [0.717, 1.165) is 29.9 Å². The summed E-state index contributed by atoms with van der Waals surface area (Å²) in [5.41, 5.74) is 10.6. The Labute approximate surface area is 254 Å². The Kier molecular flexibility index (Phi) is 7.14. The van der Waals surface area contributed by atoms with Crippen LogP contribution in [0, 0.1) is 5.92 Å². The molecule has 0 saturated heterocycles. The molecule has 216 valence electrons. The Morgan fingerprint density at radius 2 is 1.67 bits per heavy atom. The van der Waals surface area contributed by atoms with E-state index in [1.165, 1.54) is 49.9 Å². The molecular formula is C39H38N2O2. The van der Waals surface area contributed by atoms with Crippen LogP contribution in [0.25, 0.3) is 16.3 Å². The molecule has 0 aliphatic heterocycles. The molecular weight excluding hydrogens is 528 g/mol. The number of rotatable bonds is 7. The quantitative estimate of drug-likeness (QED) is 0.214. The second-order valence-electron chi connectivity index (χ2n) is 12.1. The van der Waals surface area contributed by atoms with E-state index in [1.807, 2.05) is 12.1 Å². The lowest BCUT2D eigenvalue weighted by Crippen LogP contribution is -2.28. The van der Waals surface area contributed by atoms with Crippen LogP contribution >= 0.6 is 0 Å². The van der Waals surface area contributed by atoms with E-state index in [1.54, 1.807) is 14.2 Å². The van der Waals surface area contributed by atoms with Crippen LogP contribution in [-0.4, -0.2) is 24.4 Å². The molecule has 1 aromatic heterocycles. The Morgan fingerprint density at radius 3 is 2.47 bits per heavy atom. The monoisotopic (exact) mass is 566 g/mol. The zero-order chi connectivity index (χ0) is 29.5. The first-order valence-electron chi connectivity index (χ1n) is 15.3. The maximum atomic E-state index is 6.00. The fourth-order valence-corrected chi connectivity index (χ4v) is 7.57. The normalized spacial score (nSPS) is 18.4. The molecule has 0 saturated carbocycles. The number of ether oxygens (including phenoxy) is 2. The fourth-order valence-electron chi connectivity index (χ4n) is 7.57. The molecule has 43 heavy (non-hydrogen) atoms. The van der Waals surface area contributed by atoms with Crippen LogP contribution in [0.2, 0.25) is 0 Å². The van der Waals surface area contributed by atoms with E-state index in [4.69, 9.17) is 9.47 Å². The first-order chi connectivity index (χ1) is 21.1. The van der Waals surface area contributed by atoms with Crippen molar-refractivity contribution in [3.8, 4) is 11.5 Å². The molecule has 0 fully saturated rings. The second kappa shape index (κ2) is 11.3. The van der Waals surface area contributed by atoms with Crippen LogP contribution < -0.4 is 9.47 Å². The Morgan fingerprint density at radius 1 is 0.860 bits per heavy atom. The highest BCUT2D eigenvalue weighted by Gasteiger charge is 2.41. The average molecular weight is 567 g/mol. The summed E-state index contributed by atoms with van der Waals surface area (Å²) in [6.45, 7) is 4.49. The minimum absolute atomic E-state index is 0.0749. The molecule has 4 aromatic carbocycles. The summed E-state index contributed by atoms with van der Waals surface area (Å²) in [6, 6.07) is 30.6. The number of allylic oxidation sites excluding steroid dienone is 4. The van der Waals surface area contributed by atoms with Crippen LogP contribution in [0.3, 0.4) is 0 Å². The summed E-state index contributed by atoms with van der Waals surface area (Å²) < 4.78 is 11.7. The van der Waals surface area contributed by atoms with Gasteiger partial charge in [0.25, 0.3) is 0 Å². The van der Waals surface area contributed by atoms with Gasteiger partial charge in [0, 0.05) is 34.6 Å². The van der Waals surface area contributed by atoms with Crippen LogP contribution in [0.15, 0.2) is 109 Å². The molecule has 0 spiro atoms. The van der Waals surface area contributed by atoms with E-state index in [2.05, 4.69) is 115 Å². The highest BCUT2D eigenvalue weighted by molar-refractivity contribution is 5.94. The van der Waals surface area contributed by atoms with Crippen molar-refractivity contribution in [1.29, 1.82) is 0 Å². The second-order valence-corrected chi connectivity index (χ2v) is 12.1. The van der Waals surface area contributed by atoms with Gasteiger partial charge >= 0.3 is 0 Å². The molecule has 2 aliphatic carbocycles. The Hall–Kier alpha value is -4.57. The SMILES string of the molecule is COc1ccc(OC)c(C2C=CC3=C(CCc4c3ccc3ccccc43)C2C(c2ccccc2)c2cn[nH]c2C(C)C)c1. The van der Waals surface area contributed by atoms with Crippen molar-refractivity contribution in [1.82, 2.24) is 10.2 Å². The summed E-state index contributed by atoms with van der Waals surface area (Å²) in [5.74, 6) is 2.36. The third-order valence-corrected chi connectivity index (χ3v) is 9.51. The number of aryl methyl sites for hydroxylation is 1. The van der Waals surface area contributed by atoms with Crippen LogP contribution in [0.1, 0.15) is 71.5 Å². The third-order valence-electron chi connectivity index (χ3n) is 9.51. The summed E-state index contributed by atoms with van der Waals surface area (Å²) in [4.78, 5) is 0. The molecule has 0 radical (unpaired) electrons. The summed E-state index contributed by atoms with van der Waals surface area (Å²) in [7, 11) is 3.50. The lowest BCUT2D eigenvalue weighted by molar-refractivity contribution is 0.386. The van der Waals surface area contributed by atoms with E-state index in [9.17, 15) is 0 Å². The zero-order valence-electron chi connectivity index (χ0n) is 25.3. The lowest BCUT2D eigenvalue weighted by Gasteiger charge is -2.41. The van der Waals surface area contributed by atoms with E-state index >= 15 is 0 Å². The van der Waals surface area contributed by atoms with Crippen molar-refractivity contribution in [2.75, 3.05) is 14.2 Å². The predicted molar refractivity (Wildman–Crippen MR) is 175 cm³/mol. The third kappa shape index (κ3) is 4.66. The number of benzene rings is 4. The number of nitrogens with zero attached hydrogens (tertiary/aromatic N) is 1. The highest BCUT2D eigenvalue weighted by atomic mass is 16.5. The molecule has 4 nitrogen and oxygen atoms in total. The van der Waals surface area contributed by atoms with Gasteiger partial charge in [-0.05, 0) is 70.0 Å².